The SMILES string of the molecule is O=C(CCN1C(=O)COc2ccccc21)Nc1nc2cc(C(F)(F)F)ccc2n1Cc1ccco1. The summed E-state index contributed by atoms with van der Waals surface area (Å²) >= 11 is 0. The molecule has 0 spiro atoms. The van der Waals surface area contributed by atoms with E-state index < -0.39 is 17.6 Å². The van der Waals surface area contributed by atoms with Crippen LogP contribution < -0.4 is 15.0 Å². The zero-order valence-corrected chi connectivity index (χ0v) is 18.2. The zero-order chi connectivity index (χ0) is 24.6. The number of para-hydroxylation sites is 2. The molecular formula is C24H19F3N4O4. The van der Waals surface area contributed by atoms with Crippen molar-refractivity contribution < 1.29 is 31.9 Å². The third kappa shape index (κ3) is 4.57. The van der Waals surface area contributed by atoms with E-state index in [1.165, 1.54) is 17.2 Å². The number of furan rings is 1. The molecule has 0 aliphatic carbocycles. The molecule has 0 atom stereocenters. The van der Waals surface area contributed by atoms with Crippen LogP contribution in [0.2, 0.25) is 0 Å². The van der Waals surface area contributed by atoms with Crippen molar-refractivity contribution in [1.29, 1.82) is 0 Å². The fraction of sp³-hybridized carbons (Fsp3) is 0.208. The Morgan fingerprint density at radius 1 is 1.11 bits per heavy atom. The molecule has 0 radical (unpaired) electrons. The highest BCUT2D eigenvalue weighted by molar-refractivity contribution is 5.99. The average Bonchev–Trinajstić information content (AvgIpc) is 3.46. The van der Waals surface area contributed by atoms with Crippen LogP contribution >= 0.6 is 0 Å². The monoisotopic (exact) mass is 484 g/mol. The number of ether oxygens (including phenoxy) is 1. The van der Waals surface area contributed by atoms with E-state index in [4.69, 9.17) is 9.15 Å². The van der Waals surface area contributed by atoms with Gasteiger partial charge in [-0.2, -0.15) is 13.2 Å². The number of anilines is 2. The number of aromatic nitrogens is 2. The third-order valence-electron chi connectivity index (χ3n) is 5.59. The smallest absolute Gasteiger partial charge is 0.416 e. The lowest BCUT2D eigenvalue weighted by molar-refractivity contribution is -0.137. The van der Waals surface area contributed by atoms with Crippen molar-refractivity contribution >= 4 is 34.5 Å². The molecule has 1 N–H and O–H groups in total. The second-order valence-corrected chi connectivity index (χ2v) is 7.90. The number of amides is 2. The van der Waals surface area contributed by atoms with Gasteiger partial charge < -0.3 is 18.6 Å². The van der Waals surface area contributed by atoms with E-state index in [0.29, 0.717) is 22.7 Å². The Labute approximate surface area is 196 Å². The molecule has 1 aliphatic heterocycles. The number of nitrogens with one attached hydrogen (secondary N) is 1. The van der Waals surface area contributed by atoms with Gasteiger partial charge in [0.05, 0.1) is 35.1 Å². The van der Waals surface area contributed by atoms with E-state index in [2.05, 4.69) is 10.3 Å². The van der Waals surface area contributed by atoms with Crippen molar-refractivity contribution in [3.8, 4) is 5.75 Å². The van der Waals surface area contributed by atoms with Gasteiger partial charge in [-0.1, -0.05) is 12.1 Å². The van der Waals surface area contributed by atoms with Gasteiger partial charge in [0.15, 0.2) is 6.61 Å². The van der Waals surface area contributed by atoms with Gasteiger partial charge >= 0.3 is 6.18 Å². The number of carbonyl (C=O) groups excluding carboxylic acids is 2. The molecule has 1 aliphatic rings. The van der Waals surface area contributed by atoms with Crippen LogP contribution in [-0.2, 0) is 22.3 Å². The van der Waals surface area contributed by atoms with E-state index in [-0.39, 0.29) is 43.5 Å². The summed E-state index contributed by atoms with van der Waals surface area (Å²) in [6, 6.07) is 13.6. The van der Waals surface area contributed by atoms with Gasteiger partial charge in [0, 0.05) is 13.0 Å². The van der Waals surface area contributed by atoms with Crippen LogP contribution in [-0.4, -0.2) is 34.5 Å². The molecule has 4 aromatic rings. The molecule has 2 aromatic heterocycles. The number of benzene rings is 2. The fourth-order valence-electron chi connectivity index (χ4n) is 3.92. The minimum absolute atomic E-state index is 0.0577. The van der Waals surface area contributed by atoms with Crippen molar-refractivity contribution in [3.05, 3.63) is 72.2 Å². The second-order valence-electron chi connectivity index (χ2n) is 7.90. The Morgan fingerprint density at radius 3 is 2.71 bits per heavy atom. The molecule has 8 nitrogen and oxygen atoms in total. The first kappa shape index (κ1) is 22.5. The standard InChI is InChI=1S/C24H19F3N4O4/c25-24(26,27)15-7-8-18-17(12-15)28-23(31(18)13-16-4-3-11-34-16)29-21(32)9-10-30-19-5-1-2-6-20(19)35-14-22(30)33/h1-8,11-12H,9-10,13-14H2,(H,28,29,32). The highest BCUT2D eigenvalue weighted by Gasteiger charge is 2.31. The van der Waals surface area contributed by atoms with E-state index in [9.17, 15) is 22.8 Å². The highest BCUT2D eigenvalue weighted by atomic mass is 19.4. The molecule has 0 saturated carbocycles. The van der Waals surface area contributed by atoms with E-state index in [1.54, 1.807) is 41.0 Å². The van der Waals surface area contributed by atoms with Crippen molar-refractivity contribution in [3.63, 3.8) is 0 Å². The Morgan fingerprint density at radius 2 is 1.94 bits per heavy atom. The topological polar surface area (TPSA) is 89.6 Å². The maximum atomic E-state index is 13.2. The summed E-state index contributed by atoms with van der Waals surface area (Å²) in [7, 11) is 0. The number of halogens is 3. The van der Waals surface area contributed by atoms with Crippen LogP contribution in [0.5, 0.6) is 5.75 Å². The molecule has 5 rings (SSSR count). The molecule has 3 heterocycles. The van der Waals surface area contributed by atoms with E-state index in [0.717, 1.165) is 12.1 Å². The lowest BCUT2D eigenvalue weighted by Crippen LogP contribution is -2.40. The van der Waals surface area contributed by atoms with Gasteiger partial charge in [-0.15, -0.1) is 0 Å². The molecule has 0 fully saturated rings. The van der Waals surface area contributed by atoms with Crippen LogP contribution in [0.1, 0.15) is 17.7 Å². The van der Waals surface area contributed by atoms with Gasteiger partial charge in [-0.25, -0.2) is 4.98 Å². The van der Waals surface area contributed by atoms with Crippen molar-refractivity contribution in [2.24, 2.45) is 0 Å². The van der Waals surface area contributed by atoms with Gasteiger partial charge in [0.25, 0.3) is 5.91 Å². The Hall–Kier alpha value is -4.28. The number of alkyl halides is 3. The van der Waals surface area contributed by atoms with Gasteiger partial charge in [-0.3, -0.25) is 14.9 Å². The number of hydrogen-bond donors (Lipinski definition) is 1. The van der Waals surface area contributed by atoms with E-state index >= 15 is 0 Å². The van der Waals surface area contributed by atoms with Crippen molar-refractivity contribution in [2.75, 3.05) is 23.4 Å². The first-order chi connectivity index (χ1) is 16.8. The first-order valence-corrected chi connectivity index (χ1v) is 10.7. The highest BCUT2D eigenvalue weighted by Crippen LogP contribution is 2.33. The number of fused-ring (bicyclic) bond motifs is 2. The maximum Gasteiger partial charge on any atom is 0.416 e. The van der Waals surface area contributed by atoms with Crippen molar-refractivity contribution in [1.82, 2.24) is 9.55 Å². The quantitative estimate of drug-likeness (QED) is 0.437. The maximum absolute atomic E-state index is 13.2. The summed E-state index contributed by atoms with van der Waals surface area (Å²) in [6.45, 7) is 0.126. The summed E-state index contributed by atoms with van der Waals surface area (Å²) in [5, 5.41) is 2.67. The number of imidazole rings is 1. The Kier molecular flexibility index (Phi) is 5.67. The largest absolute Gasteiger partial charge is 0.482 e. The fourth-order valence-corrected chi connectivity index (χ4v) is 3.92. The van der Waals surface area contributed by atoms with Gasteiger partial charge in [0.2, 0.25) is 11.9 Å². The lowest BCUT2D eigenvalue weighted by Gasteiger charge is -2.29. The molecule has 0 bridgehead atoms. The van der Waals surface area contributed by atoms with Gasteiger partial charge in [0.1, 0.15) is 11.5 Å². The summed E-state index contributed by atoms with van der Waals surface area (Å²) in [6.07, 6.45) is -3.10. The molecule has 0 unspecified atom stereocenters. The minimum atomic E-state index is -4.52. The molecule has 180 valence electrons. The first-order valence-electron chi connectivity index (χ1n) is 10.7. The molecule has 11 heteroatoms. The van der Waals surface area contributed by atoms with Crippen molar-refractivity contribution in [2.45, 2.75) is 19.1 Å². The Bertz CT molecular complexity index is 1400. The summed E-state index contributed by atoms with van der Waals surface area (Å²) in [4.78, 5) is 30.8. The molecule has 2 amide bonds. The number of hydrogen-bond acceptors (Lipinski definition) is 5. The van der Waals surface area contributed by atoms with Crippen LogP contribution in [0.4, 0.5) is 24.8 Å². The van der Waals surface area contributed by atoms with Crippen LogP contribution in [0.15, 0.2) is 65.3 Å². The second kappa shape index (κ2) is 8.82. The lowest BCUT2D eigenvalue weighted by atomic mass is 10.2. The number of rotatable bonds is 6. The molecule has 2 aromatic carbocycles. The summed E-state index contributed by atoms with van der Waals surface area (Å²) < 4.78 is 51.9. The summed E-state index contributed by atoms with van der Waals surface area (Å²) in [5.41, 5.74) is 0.220. The van der Waals surface area contributed by atoms with Gasteiger partial charge in [-0.05, 0) is 42.5 Å². The molecular weight excluding hydrogens is 465 g/mol. The average molecular weight is 484 g/mol. The zero-order valence-electron chi connectivity index (χ0n) is 18.2. The Balaban J connectivity index is 1.38. The van der Waals surface area contributed by atoms with E-state index in [1.807, 2.05) is 0 Å². The minimum Gasteiger partial charge on any atom is -0.482 e. The molecule has 0 saturated heterocycles. The number of carbonyl (C=O) groups is 2. The number of nitrogens with zero attached hydrogens (tertiary/aromatic N) is 3. The van der Waals surface area contributed by atoms with Crippen LogP contribution in [0.3, 0.4) is 0 Å². The van der Waals surface area contributed by atoms with Crippen LogP contribution in [0.25, 0.3) is 11.0 Å². The van der Waals surface area contributed by atoms with Crippen LogP contribution in [0, 0.1) is 0 Å². The predicted octanol–water partition coefficient (Wildman–Crippen LogP) is 4.45. The molecule has 35 heavy (non-hydrogen) atoms. The normalized spacial score (nSPS) is 13.6. The third-order valence-corrected chi connectivity index (χ3v) is 5.59. The summed E-state index contributed by atoms with van der Waals surface area (Å²) in [5.74, 6) is 0.438. The predicted molar refractivity (Wildman–Crippen MR) is 120 cm³/mol.